The fraction of sp³-hybridized carbons (Fsp3) is 0.250. The number of phenols is 2. The van der Waals surface area contributed by atoms with Crippen molar-refractivity contribution in [3.05, 3.63) is 107 Å². The van der Waals surface area contributed by atoms with Crippen molar-refractivity contribution in [2.45, 2.75) is 38.5 Å². The van der Waals surface area contributed by atoms with Crippen LogP contribution in [0.3, 0.4) is 0 Å². The minimum Gasteiger partial charge on any atom is -0.508 e. The lowest BCUT2D eigenvalue weighted by Crippen LogP contribution is -1.83. The van der Waals surface area contributed by atoms with Gasteiger partial charge in [-0.15, -0.1) is 0 Å². The van der Waals surface area contributed by atoms with E-state index in [1.807, 2.05) is 18.2 Å². The number of hydrogen-bond acceptors (Lipinski definition) is 2. The summed E-state index contributed by atoms with van der Waals surface area (Å²) >= 11 is 5.95. The normalized spacial score (nSPS) is 22.1. The van der Waals surface area contributed by atoms with Crippen LogP contribution < -0.4 is 0 Å². The first-order valence-electron chi connectivity index (χ1n) is 12.4. The molecule has 2 aliphatic rings. The third-order valence-corrected chi connectivity index (χ3v) is 7.51. The van der Waals surface area contributed by atoms with Gasteiger partial charge >= 0.3 is 0 Å². The molecule has 2 N–H and O–H groups in total. The number of aromatic hydroxyl groups is 2. The Morgan fingerprint density at radius 2 is 1.06 bits per heavy atom. The van der Waals surface area contributed by atoms with Crippen LogP contribution in [-0.2, 0) is 0 Å². The molecule has 35 heavy (non-hydrogen) atoms. The predicted octanol–water partition coefficient (Wildman–Crippen LogP) is 9.02. The maximum absolute atomic E-state index is 9.56. The van der Waals surface area contributed by atoms with Crippen LogP contribution in [0.5, 0.6) is 11.5 Å². The van der Waals surface area contributed by atoms with E-state index in [1.54, 1.807) is 24.3 Å². The summed E-state index contributed by atoms with van der Waals surface area (Å²) in [6, 6.07) is 29.8. The molecule has 0 spiro atoms. The smallest absolute Gasteiger partial charge is 0.117 e. The molecule has 0 bridgehead atoms. The van der Waals surface area contributed by atoms with Crippen LogP contribution in [0.2, 0.25) is 5.02 Å². The molecule has 178 valence electrons. The second-order valence-corrected chi connectivity index (χ2v) is 10.6. The number of phenolic OH excluding ortho intramolecular Hbond substituents is 2. The monoisotopic (exact) mass is 482 g/mol. The second-order valence-electron chi connectivity index (χ2n) is 10.1. The molecule has 3 heteroatoms. The first-order chi connectivity index (χ1) is 16.9. The highest BCUT2D eigenvalue weighted by molar-refractivity contribution is 6.31. The van der Waals surface area contributed by atoms with Gasteiger partial charge in [0.25, 0.3) is 0 Å². The van der Waals surface area contributed by atoms with E-state index in [0.717, 1.165) is 45.9 Å². The van der Waals surface area contributed by atoms with Gasteiger partial charge in [0.2, 0.25) is 0 Å². The summed E-state index contributed by atoms with van der Waals surface area (Å²) in [5.41, 5.74) is 7.14. The van der Waals surface area contributed by atoms with Gasteiger partial charge in [-0.2, -0.15) is 0 Å². The molecule has 0 amide bonds. The summed E-state index contributed by atoms with van der Waals surface area (Å²) < 4.78 is 0. The average Bonchev–Trinajstić information content (AvgIpc) is 3.77. The van der Waals surface area contributed by atoms with E-state index in [2.05, 4.69) is 62.4 Å². The van der Waals surface area contributed by atoms with Crippen molar-refractivity contribution < 1.29 is 10.2 Å². The van der Waals surface area contributed by atoms with E-state index in [1.165, 1.54) is 24.0 Å². The van der Waals surface area contributed by atoms with Crippen molar-refractivity contribution >= 4 is 11.6 Å². The van der Waals surface area contributed by atoms with Crippen LogP contribution in [0.4, 0.5) is 0 Å². The first-order valence-corrected chi connectivity index (χ1v) is 12.7. The molecule has 2 nitrogen and oxygen atoms in total. The lowest BCUT2D eigenvalue weighted by molar-refractivity contribution is 0.475. The molecule has 2 aliphatic carbocycles. The van der Waals surface area contributed by atoms with E-state index in [9.17, 15) is 10.2 Å². The molecule has 0 aromatic heterocycles. The zero-order valence-corrected chi connectivity index (χ0v) is 20.9. The van der Waals surface area contributed by atoms with E-state index in [0.29, 0.717) is 10.8 Å². The molecule has 0 radical (unpaired) electrons. The Kier molecular flexibility index (Phi) is 6.58. The Hall–Kier alpha value is -3.23. The zero-order valence-electron chi connectivity index (χ0n) is 20.2. The SMILES string of the molecule is CC1CC1c1ccc(-c2cc(O)cc(Cl)c2)cc1.CC1CC1c1ccc(-c2cccc(O)c2)cc1. The van der Waals surface area contributed by atoms with Crippen molar-refractivity contribution in [2.75, 3.05) is 0 Å². The molecule has 2 saturated carbocycles. The van der Waals surface area contributed by atoms with Crippen molar-refractivity contribution in [3.63, 3.8) is 0 Å². The van der Waals surface area contributed by atoms with Crippen molar-refractivity contribution in [1.82, 2.24) is 0 Å². The highest BCUT2D eigenvalue weighted by Gasteiger charge is 2.34. The maximum atomic E-state index is 9.56. The summed E-state index contributed by atoms with van der Waals surface area (Å²) in [4.78, 5) is 0. The minimum atomic E-state index is 0.206. The zero-order chi connectivity index (χ0) is 24.5. The Balaban J connectivity index is 0.000000145. The lowest BCUT2D eigenvalue weighted by Gasteiger charge is -2.05. The highest BCUT2D eigenvalue weighted by atomic mass is 35.5. The van der Waals surface area contributed by atoms with Gasteiger partial charge in [0.15, 0.2) is 0 Å². The van der Waals surface area contributed by atoms with Gasteiger partial charge in [-0.05, 0) is 100 Å². The molecule has 2 fully saturated rings. The number of halogens is 1. The van der Waals surface area contributed by atoms with Crippen LogP contribution >= 0.6 is 11.6 Å². The molecule has 4 atom stereocenters. The van der Waals surface area contributed by atoms with Gasteiger partial charge in [0.05, 0.1) is 0 Å². The van der Waals surface area contributed by atoms with Gasteiger partial charge < -0.3 is 10.2 Å². The molecule has 0 saturated heterocycles. The van der Waals surface area contributed by atoms with Crippen LogP contribution in [-0.4, -0.2) is 10.2 Å². The third kappa shape index (κ3) is 5.71. The average molecular weight is 483 g/mol. The Bertz CT molecular complexity index is 1290. The van der Waals surface area contributed by atoms with Gasteiger partial charge in [-0.25, -0.2) is 0 Å². The minimum absolute atomic E-state index is 0.206. The quantitative estimate of drug-likeness (QED) is 0.304. The first kappa shape index (κ1) is 23.5. The Morgan fingerprint density at radius 1 is 0.571 bits per heavy atom. The molecular formula is C32H31ClO2. The van der Waals surface area contributed by atoms with Crippen LogP contribution in [0, 0.1) is 11.8 Å². The van der Waals surface area contributed by atoms with Crippen molar-refractivity contribution in [2.24, 2.45) is 11.8 Å². The summed E-state index contributed by atoms with van der Waals surface area (Å²) in [6.07, 6.45) is 2.63. The Labute approximate surface area is 212 Å². The molecule has 0 aliphatic heterocycles. The third-order valence-electron chi connectivity index (χ3n) is 7.29. The lowest BCUT2D eigenvalue weighted by atomic mass is 10.0. The molecule has 4 aromatic rings. The standard InChI is InChI=1S/C16H15ClO.C16H16O/c1-10-6-16(10)12-4-2-11(3-5-12)13-7-14(17)9-15(18)8-13;1-11-9-16(11)13-7-5-12(6-8-13)14-3-2-4-15(17)10-14/h2-5,7-10,16,18H,6H2,1H3;2-8,10-11,16-17H,9H2,1H3. The molecule has 4 unspecified atom stereocenters. The summed E-state index contributed by atoms with van der Waals surface area (Å²) in [7, 11) is 0. The van der Waals surface area contributed by atoms with Gasteiger partial charge in [-0.3, -0.25) is 0 Å². The predicted molar refractivity (Wildman–Crippen MR) is 145 cm³/mol. The van der Waals surface area contributed by atoms with Crippen LogP contribution in [0.1, 0.15) is 49.7 Å². The van der Waals surface area contributed by atoms with Gasteiger partial charge in [0.1, 0.15) is 11.5 Å². The summed E-state index contributed by atoms with van der Waals surface area (Å²) in [6.45, 7) is 4.58. The van der Waals surface area contributed by atoms with E-state index < -0.39 is 0 Å². The van der Waals surface area contributed by atoms with Crippen molar-refractivity contribution in [3.8, 4) is 33.8 Å². The molecule has 4 aromatic carbocycles. The molecule has 6 rings (SSSR count). The van der Waals surface area contributed by atoms with E-state index >= 15 is 0 Å². The Morgan fingerprint density at radius 3 is 1.51 bits per heavy atom. The number of hydrogen-bond donors (Lipinski definition) is 2. The van der Waals surface area contributed by atoms with E-state index in [4.69, 9.17) is 11.6 Å². The van der Waals surface area contributed by atoms with Crippen molar-refractivity contribution in [1.29, 1.82) is 0 Å². The maximum Gasteiger partial charge on any atom is 0.117 e. The number of rotatable bonds is 4. The number of benzene rings is 4. The summed E-state index contributed by atoms with van der Waals surface area (Å²) in [5, 5.41) is 19.6. The largest absolute Gasteiger partial charge is 0.508 e. The fourth-order valence-corrected chi connectivity index (χ4v) is 5.07. The van der Waals surface area contributed by atoms with E-state index in [-0.39, 0.29) is 5.75 Å². The van der Waals surface area contributed by atoms with Gasteiger partial charge in [-0.1, -0.05) is 86.1 Å². The summed E-state index contributed by atoms with van der Waals surface area (Å²) in [5.74, 6) is 3.72. The topological polar surface area (TPSA) is 40.5 Å². The molecular weight excluding hydrogens is 452 g/mol. The van der Waals surface area contributed by atoms with Crippen LogP contribution in [0.15, 0.2) is 91.0 Å². The fourth-order valence-electron chi connectivity index (χ4n) is 4.85. The second kappa shape index (κ2) is 9.79. The van der Waals surface area contributed by atoms with Gasteiger partial charge in [0, 0.05) is 5.02 Å². The van der Waals surface area contributed by atoms with Crippen LogP contribution in [0.25, 0.3) is 22.3 Å². The molecule has 0 heterocycles. The highest BCUT2D eigenvalue weighted by Crippen LogP contribution is 2.47.